The minimum Gasteiger partial charge on any atom is -0.492 e. The zero-order chi connectivity index (χ0) is 13.0. The highest BCUT2D eigenvalue weighted by molar-refractivity contribution is 5.60. The number of benzene rings is 1. The minimum atomic E-state index is 0.449. The van der Waals surface area contributed by atoms with E-state index in [1.807, 2.05) is 12.1 Å². The van der Waals surface area contributed by atoms with E-state index in [1.54, 1.807) is 6.07 Å². The molecular weight excluding hydrogens is 226 g/mol. The molecule has 1 heterocycles. The summed E-state index contributed by atoms with van der Waals surface area (Å²) in [4.78, 5) is 2.33. The number of nitrogens with two attached hydrogens (primary N) is 1. The Kier molecular flexibility index (Phi) is 4.06. The summed E-state index contributed by atoms with van der Waals surface area (Å²) in [6, 6.07) is 7.45. The van der Waals surface area contributed by atoms with Crippen molar-refractivity contribution in [2.75, 3.05) is 32.5 Å². The molecular formula is C14H19N3O. The minimum absolute atomic E-state index is 0.449. The SMILES string of the molecule is CN1CCC(COc2cccc(N)c2C#N)CC1. The van der Waals surface area contributed by atoms with Gasteiger partial charge in [-0.2, -0.15) is 5.26 Å². The Morgan fingerprint density at radius 2 is 2.17 bits per heavy atom. The maximum Gasteiger partial charge on any atom is 0.139 e. The predicted octanol–water partition coefficient (Wildman–Crippen LogP) is 1.86. The van der Waals surface area contributed by atoms with Gasteiger partial charge in [0.05, 0.1) is 12.3 Å². The van der Waals surface area contributed by atoms with Crippen LogP contribution in [0, 0.1) is 17.2 Å². The fourth-order valence-electron chi connectivity index (χ4n) is 2.22. The van der Waals surface area contributed by atoms with Crippen LogP contribution in [-0.2, 0) is 0 Å². The van der Waals surface area contributed by atoms with Crippen LogP contribution >= 0.6 is 0 Å². The number of ether oxygens (including phenoxy) is 1. The van der Waals surface area contributed by atoms with Crippen LogP contribution < -0.4 is 10.5 Å². The lowest BCUT2D eigenvalue weighted by Gasteiger charge is -2.28. The van der Waals surface area contributed by atoms with Gasteiger partial charge in [-0.3, -0.25) is 0 Å². The first-order valence-corrected chi connectivity index (χ1v) is 6.30. The molecule has 1 aliphatic heterocycles. The normalized spacial score (nSPS) is 17.3. The van der Waals surface area contributed by atoms with Crippen LogP contribution in [0.15, 0.2) is 18.2 Å². The quantitative estimate of drug-likeness (QED) is 0.826. The van der Waals surface area contributed by atoms with Crippen LogP contribution in [0.3, 0.4) is 0 Å². The topological polar surface area (TPSA) is 62.3 Å². The number of piperidine rings is 1. The van der Waals surface area contributed by atoms with Gasteiger partial charge in [-0.15, -0.1) is 0 Å². The first-order chi connectivity index (χ1) is 8.70. The maximum absolute atomic E-state index is 9.05. The lowest BCUT2D eigenvalue weighted by molar-refractivity contribution is 0.160. The molecule has 0 amide bonds. The summed E-state index contributed by atoms with van der Waals surface area (Å²) in [6.07, 6.45) is 2.31. The average Bonchev–Trinajstić information content (AvgIpc) is 2.38. The number of hydrogen-bond donors (Lipinski definition) is 1. The molecule has 1 aliphatic rings. The highest BCUT2D eigenvalue weighted by Gasteiger charge is 2.18. The third-order valence-electron chi connectivity index (χ3n) is 3.48. The predicted molar refractivity (Wildman–Crippen MR) is 71.3 cm³/mol. The zero-order valence-corrected chi connectivity index (χ0v) is 10.7. The smallest absolute Gasteiger partial charge is 0.139 e. The van der Waals surface area contributed by atoms with E-state index in [4.69, 9.17) is 15.7 Å². The van der Waals surface area contributed by atoms with E-state index in [-0.39, 0.29) is 0 Å². The molecule has 0 unspecified atom stereocenters. The molecule has 96 valence electrons. The van der Waals surface area contributed by atoms with E-state index in [1.165, 1.54) is 0 Å². The standard InChI is InChI=1S/C14H19N3O/c1-17-7-5-11(6-8-17)10-18-14-4-2-3-13(16)12(14)9-15/h2-4,11H,5-8,10,16H2,1H3. The van der Waals surface area contributed by atoms with Gasteiger partial charge in [-0.1, -0.05) is 6.07 Å². The van der Waals surface area contributed by atoms with Gasteiger partial charge < -0.3 is 15.4 Å². The van der Waals surface area contributed by atoms with Crippen LogP contribution in [0.4, 0.5) is 5.69 Å². The van der Waals surface area contributed by atoms with Crippen molar-refractivity contribution < 1.29 is 4.74 Å². The fourth-order valence-corrected chi connectivity index (χ4v) is 2.22. The molecule has 2 N–H and O–H groups in total. The second-order valence-corrected chi connectivity index (χ2v) is 4.89. The van der Waals surface area contributed by atoms with Crippen LogP contribution in [0.25, 0.3) is 0 Å². The van der Waals surface area contributed by atoms with Crippen molar-refractivity contribution >= 4 is 5.69 Å². The number of nitriles is 1. The van der Waals surface area contributed by atoms with Gasteiger partial charge in [0.25, 0.3) is 0 Å². The summed E-state index contributed by atoms with van der Waals surface area (Å²) >= 11 is 0. The number of rotatable bonds is 3. The summed E-state index contributed by atoms with van der Waals surface area (Å²) in [6.45, 7) is 2.91. The number of likely N-dealkylation sites (tertiary alicyclic amines) is 1. The molecule has 0 radical (unpaired) electrons. The van der Waals surface area contributed by atoms with Crippen molar-refractivity contribution in [3.63, 3.8) is 0 Å². The Balaban J connectivity index is 1.95. The van der Waals surface area contributed by atoms with E-state index in [9.17, 15) is 0 Å². The van der Waals surface area contributed by atoms with Crippen LogP contribution in [0.5, 0.6) is 5.75 Å². The monoisotopic (exact) mass is 245 g/mol. The van der Waals surface area contributed by atoms with E-state index in [2.05, 4.69) is 18.0 Å². The number of nitrogens with zero attached hydrogens (tertiary/aromatic N) is 2. The molecule has 1 saturated heterocycles. The highest BCUT2D eigenvalue weighted by Crippen LogP contribution is 2.25. The maximum atomic E-state index is 9.05. The van der Waals surface area contributed by atoms with E-state index < -0.39 is 0 Å². The fraction of sp³-hybridized carbons (Fsp3) is 0.500. The Morgan fingerprint density at radius 3 is 2.83 bits per heavy atom. The summed E-state index contributed by atoms with van der Waals surface area (Å²) in [7, 11) is 2.14. The molecule has 2 rings (SSSR count). The average molecular weight is 245 g/mol. The van der Waals surface area contributed by atoms with Gasteiger partial charge in [-0.25, -0.2) is 0 Å². The second kappa shape index (κ2) is 5.74. The number of nitrogen functional groups attached to an aromatic ring is 1. The van der Waals surface area contributed by atoms with Gasteiger partial charge >= 0.3 is 0 Å². The molecule has 0 aliphatic carbocycles. The van der Waals surface area contributed by atoms with E-state index in [0.717, 1.165) is 25.9 Å². The van der Waals surface area contributed by atoms with Gasteiger partial charge in [0.2, 0.25) is 0 Å². The van der Waals surface area contributed by atoms with Crippen molar-refractivity contribution in [2.24, 2.45) is 5.92 Å². The summed E-state index contributed by atoms with van der Waals surface area (Å²) in [5, 5.41) is 9.05. The zero-order valence-electron chi connectivity index (χ0n) is 10.7. The third kappa shape index (κ3) is 2.93. The highest BCUT2D eigenvalue weighted by atomic mass is 16.5. The Bertz CT molecular complexity index is 445. The third-order valence-corrected chi connectivity index (χ3v) is 3.48. The molecule has 4 nitrogen and oxygen atoms in total. The lowest BCUT2D eigenvalue weighted by Crippen LogP contribution is -2.32. The van der Waals surface area contributed by atoms with Gasteiger partial charge in [0.1, 0.15) is 17.4 Å². The van der Waals surface area contributed by atoms with Crippen molar-refractivity contribution in [2.45, 2.75) is 12.8 Å². The molecule has 0 saturated carbocycles. The first-order valence-electron chi connectivity index (χ1n) is 6.30. The van der Waals surface area contributed by atoms with Crippen LogP contribution in [-0.4, -0.2) is 31.6 Å². The summed E-state index contributed by atoms with van der Waals surface area (Å²) in [5.74, 6) is 1.19. The Hall–Kier alpha value is -1.73. The van der Waals surface area contributed by atoms with Gasteiger partial charge in [0, 0.05) is 0 Å². The summed E-state index contributed by atoms with van der Waals surface area (Å²) in [5.41, 5.74) is 6.68. The molecule has 0 spiro atoms. The molecule has 0 atom stereocenters. The number of anilines is 1. The molecule has 0 bridgehead atoms. The molecule has 0 aromatic heterocycles. The molecule has 1 aromatic rings. The first kappa shape index (κ1) is 12.7. The second-order valence-electron chi connectivity index (χ2n) is 4.89. The molecule has 18 heavy (non-hydrogen) atoms. The van der Waals surface area contributed by atoms with Crippen molar-refractivity contribution in [3.8, 4) is 11.8 Å². The lowest BCUT2D eigenvalue weighted by atomic mass is 9.98. The molecule has 1 aromatic carbocycles. The molecule has 1 fully saturated rings. The van der Waals surface area contributed by atoms with Crippen molar-refractivity contribution in [1.82, 2.24) is 4.90 Å². The van der Waals surface area contributed by atoms with Crippen LogP contribution in [0.1, 0.15) is 18.4 Å². The van der Waals surface area contributed by atoms with Crippen LogP contribution in [0.2, 0.25) is 0 Å². The number of hydrogen-bond acceptors (Lipinski definition) is 4. The van der Waals surface area contributed by atoms with E-state index in [0.29, 0.717) is 29.5 Å². The van der Waals surface area contributed by atoms with E-state index >= 15 is 0 Å². The molecule has 4 heteroatoms. The van der Waals surface area contributed by atoms with Gasteiger partial charge in [0.15, 0.2) is 0 Å². The largest absolute Gasteiger partial charge is 0.492 e. The van der Waals surface area contributed by atoms with Crippen molar-refractivity contribution in [3.05, 3.63) is 23.8 Å². The Labute approximate surface area is 108 Å². The van der Waals surface area contributed by atoms with Crippen molar-refractivity contribution in [1.29, 1.82) is 5.26 Å². The summed E-state index contributed by atoms with van der Waals surface area (Å²) < 4.78 is 5.76. The van der Waals surface area contributed by atoms with Gasteiger partial charge in [-0.05, 0) is 51.0 Å². The Morgan fingerprint density at radius 1 is 1.44 bits per heavy atom.